The van der Waals surface area contributed by atoms with Gasteiger partial charge in [0.2, 0.25) is 6.40 Å². The Kier molecular flexibility index (Phi) is 12.3. The van der Waals surface area contributed by atoms with Gasteiger partial charge in [-0.2, -0.15) is 4.89 Å². The second-order valence-electron chi connectivity index (χ2n) is 5.30. The molecule has 6 N–H and O–H groups in total. The van der Waals surface area contributed by atoms with Gasteiger partial charge in [-0.25, -0.2) is 14.8 Å². The fourth-order valence-electron chi connectivity index (χ4n) is 1.76. The van der Waals surface area contributed by atoms with Crippen LogP contribution in [0.1, 0.15) is 19.0 Å². The van der Waals surface area contributed by atoms with Crippen LogP contribution in [-0.4, -0.2) is 63.5 Å². The summed E-state index contributed by atoms with van der Waals surface area (Å²) < 4.78 is 1.74. The molecular formula is C16H26N6O6. The maximum absolute atomic E-state index is 10.9. The minimum atomic E-state index is -1.05. The Hall–Kier alpha value is -3.25. The van der Waals surface area contributed by atoms with Crippen LogP contribution in [-0.2, 0) is 32.8 Å². The zero-order valence-electron chi connectivity index (χ0n) is 15.9. The summed E-state index contributed by atoms with van der Waals surface area (Å²) in [6.07, 6.45) is 7.44. The lowest BCUT2D eigenvalue weighted by Gasteiger charge is -2.04. The number of carbonyl (C=O) groups is 2. The van der Waals surface area contributed by atoms with E-state index in [1.165, 1.54) is 19.5 Å². The second-order valence-corrected chi connectivity index (χ2v) is 5.30. The van der Waals surface area contributed by atoms with Crippen molar-refractivity contribution in [2.75, 3.05) is 7.11 Å². The standard InChI is InChI=1S/C9H13N3O4.C7H13N3O2/c1-12-4-7(10-5-12)3-8(9(13)14)11-6-16-15-2;1-2-10-5(4-8)3-6(9)7(11)12/h4-6,8H,3H2,1-2H3,(H,13,14);2,4,6H,3,8-9H2,1H3,(H,11,12)/b;5-4-,10-2?/t8-;6-/m00/s1. The highest BCUT2D eigenvalue weighted by atomic mass is 17.2. The SMILES string of the molecule is CC=N/C(=C\N)C[C@H](N)C(=O)O.COOC=N[C@@H](Cc1cn(C)cn1)C(=O)O. The van der Waals surface area contributed by atoms with Crippen LogP contribution in [0.25, 0.3) is 0 Å². The van der Waals surface area contributed by atoms with Gasteiger partial charge < -0.3 is 31.1 Å². The van der Waals surface area contributed by atoms with Gasteiger partial charge in [0, 0.05) is 38.5 Å². The third kappa shape index (κ3) is 10.7. The first kappa shape index (κ1) is 24.8. The van der Waals surface area contributed by atoms with Crippen LogP contribution < -0.4 is 11.5 Å². The number of carboxylic acid groups (broad SMARTS) is 2. The van der Waals surface area contributed by atoms with Crippen LogP contribution in [0.2, 0.25) is 0 Å². The van der Waals surface area contributed by atoms with Crippen molar-refractivity contribution in [3.05, 3.63) is 30.1 Å². The molecule has 0 fully saturated rings. The predicted octanol–water partition coefficient (Wildman–Crippen LogP) is -0.299. The molecule has 1 aromatic rings. The van der Waals surface area contributed by atoms with E-state index in [9.17, 15) is 9.59 Å². The smallest absolute Gasteiger partial charge is 0.328 e. The molecule has 12 heteroatoms. The fourth-order valence-corrected chi connectivity index (χ4v) is 1.76. The number of aromatic nitrogens is 2. The van der Waals surface area contributed by atoms with Gasteiger partial charge in [-0.05, 0) is 6.92 Å². The number of nitrogens with two attached hydrogens (primary N) is 2. The summed E-state index contributed by atoms with van der Waals surface area (Å²) in [5.41, 5.74) is 11.6. The molecule has 2 atom stereocenters. The predicted molar refractivity (Wildman–Crippen MR) is 102 cm³/mol. The fraction of sp³-hybridized carbons (Fsp3) is 0.438. The van der Waals surface area contributed by atoms with Crippen molar-refractivity contribution >= 4 is 24.6 Å². The van der Waals surface area contributed by atoms with Gasteiger partial charge in [-0.3, -0.25) is 9.79 Å². The van der Waals surface area contributed by atoms with Crippen LogP contribution in [0.3, 0.4) is 0 Å². The molecular weight excluding hydrogens is 372 g/mol. The van der Waals surface area contributed by atoms with Gasteiger partial charge >= 0.3 is 11.9 Å². The van der Waals surface area contributed by atoms with Gasteiger partial charge in [0.25, 0.3) is 0 Å². The summed E-state index contributed by atoms with van der Waals surface area (Å²) in [5.74, 6) is -2.10. The number of hydrogen-bond acceptors (Lipinski definition) is 9. The Morgan fingerprint density at radius 3 is 2.50 bits per heavy atom. The molecule has 0 saturated heterocycles. The largest absolute Gasteiger partial charge is 0.480 e. The highest BCUT2D eigenvalue weighted by molar-refractivity contribution is 5.75. The van der Waals surface area contributed by atoms with E-state index in [-0.39, 0.29) is 12.8 Å². The first-order valence-electron chi connectivity index (χ1n) is 8.03. The maximum Gasteiger partial charge on any atom is 0.328 e. The number of aliphatic carboxylic acids is 2. The van der Waals surface area contributed by atoms with Crippen LogP contribution in [0.5, 0.6) is 0 Å². The van der Waals surface area contributed by atoms with Gasteiger partial charge in [0.1, 0.15) is 6.04 Å². The Balaban J connectivity index is 0.000000546. The van der Waals surface area contributed by atoms with Crippen LogP contribution in [0.15, 0.2) is 34.4 Å². The molecule has 0 amide bonds. The number of nitrogens with zero attached hydrogens (tertiary/aromatic N) is 4. The molecule has 1 heterocycles. The highest BCUT2D eigenvalue weighted by Crippen LogP contribution is 2.04. The van der Waals surface area contributed by atoms with E-state index < -0.39 is 24.0 Å². The molecule has 28 heavy (non-hydrogen) atoms. The topological polar surface area (TPSA) is 188 Å². The van der Waals surface area contributed by atoms with Crippen molar-refractivity contribution in [3.63, 3.8) is 0 Å². The van der Waals surface area contributed by atoms with E-state index >= 15 is 0 Å². The quantitative estimate of drug-likeness (QED) is 0.177. The van der Waals surface area contributed by atoms with Crippen molar-refractivity contribution < 1.29 is 29.6 Å². The normalized spacial score (nSPS) is 13.8. The monoisotopic (exact) mass is 398 g/mol. The molecule has 0 saturated carbocycles. The molecule has 12 nitrogen and oxygen atoms in total. The minimum Gasteiger partial charge on any atom is -0.480 e. The third-order valence-electron chi connectivity index (χ3n) is 3.06. The van der Waals surface area contributed by atoms with Gasteiger partial charge in [-0.1, -0.05) is 0 Å². The number of rotatable bonds is 10. The Morgan fingerprint density at radius 2 is 2.07 bits per heavy atom. The lowest BCUT2D eigenvalue weighted by atomic mass is 10.2. The van der Waals surface area contributed by atoms with Crippen molar-refractivity contribution in [1.82, 2.24) is 9.55 Å². The second kappa shape index (κ2) is 13.9. The summed E-state index contributed by atoms with van der Waals surface area (Å²) in [7, 11) is 3.12. The van der Waals surface area contributed by atoms with Crippen molar-refractivity contribution in [2.45, 2.75) is 31.8 Å². The van der Waals surface area contributed by atoms with E-state index in [1.807, 2.05) is 7.05 Å². The number of hydrogen-bond donors (Lipinski definition) is 4. The van der Waals surface area contributed by atoms with Crippen LogP contribution in [0.4, 0.5) is 0 Å². The van der Waals surface area contributed by atoms with E-state index in [1.54, 1.807) is 24.0 Å². The molecule has 0 aliphatic rings. The van der Waals surface area contributed by atoms with Gasteiger partial charge in [0.05, 0.1) is 24.8 Å². The molecule has 1 rings (SSSR count). The summed E-state index contributed by atoms with van der Waals surface area (Å²) in [4.78, 5) is 41.4. The molecule has 0 bridgehead atoms. The van der Waals surface area contributed by atoms with E-state index in [0.717, 1.165) is 6.40 Å². The van der Waals surface area contributed by atoms with E-state index in [4.69, 9.17) is 21.7 Å². The number of imidazole rings is 1. The first-order valence-corrected chi connectivity index (χ1v) is 8.03. The van der Waals surface area contributed by atoms with Crippen molar-refractivity contribution in [3.8, 4) is 0 Å². The molecule has 0 aliphatic heterocycles. The zero-order chi connectivity index (χ0) is 21.5. The Morgan fingerprint density at radius 1 is 1.39 bits per heavy atom. The number of aryl methyl sites for hydroxylation is 1. The van der Waals surface area contributed by atoms with Crippen LogP contribution in [0, 0.1) is 0 Å². The first-order chi connectivity index (χ1) is 13.2. The molecule has 156 valence electrons. The summed E-state index contributed by atoms with van der Waals surface area (Å²) >= 11 is 0. The summed E-state index contributed by atoms with van der Waals surface area (Å²) in [5, 5.41) is 17.3. The third-order valence-corrected chi connectivity index (χ3v) is 3.06. The lowest BCUT2D eigenvalue weighted by Crippen LogP contribution is -2.30. The summed E-state index contributed by atoms with van der Waals surface area (Å²) in [6, 6.07) is -1.87. The molecule has 0 aromatic carbocycles. The number of aliphatic imine (C=N–C) groups is 2. The molecule has 0 unspecified atom stereocenters. The summed E-state index contributed by atoms with van der Waals surface area (Å²) in [6.45, 7) is 1.72. The number of carboxylic acids is 2. The van der Waals surface area contributed by atoms with Crippen LogP contribution >= 0.6 is 0 Å². The Labute approximate surface area is 162 Å². The van der Waals surface area contributed by atoms with E-state index in [2.05, 4.69) is 24.7 Å². The van der Waals surface area contributed by atoms with E-state index in [0.29, 0.717) is 11.4 Å². The molecule has 0 radical (unpaired) electrons. The highest BCUT2D eigenvalue weighted by Gasteiger charge is 2.17. The zero-order valence-corrected chi connectivity index (χ0v) is 15.9. The van der Waals surface area contributed by atoms with Gasteiger partial charge in [0.15, 0.2) is 6.04 Å². The molecule has 1 aromatic heterocycles. The molecule has 0 aliphatic carbocycles. The van der Waals surface area contributed by atoms with Gasteiger partial charge in [-0.15, -0.1) is 0 Å². The maximum atomic E-state index is 10.9. The lowest BCUT2D eigenvalue weighted by molar-refractivity contribution is -0.188. The Bertz CT molecular complexity index is 700. The average molecular weight is 398 g/mol. The average Bonchev–Trinajstić information content (AvgIpc) is 3.05. The molecule has 0 spiro atoms. The van der Waals surface area contributed by atoms with Crippen molar-refractivity contribution in [2.24, 2.45) is 28.5 Å². The van der Waals surface area contributed by atoms with Crippen molar-refractivity contribution in [1.29, 1.82) is 0 Å². The minimum absolute atomic E-state index is 0.149.